The number of benzene rings is 1. The van der Waals surface area contributed by atoms with Gasteiger partial charge in [-0.15, -0.1) is 0 Å². The number of carbonyl (C=O) groups excluding carboxylic acids is 1. The van der Waals surface area contributed by atoms with Crippen molar-refractivity contribution < 1.29 is 14.6 Å². The Kier molecular flexibility index (Phi) is 5.46. The third-order valence-electron chi connectivity index (χ3n) is 3.93. The fourth-order valence-electron chi connectivity index (χ4n) is 2.88. The average molecular weight is 305 g/mol. The number of hydrogen-bond donors (Lipinski definition) is 1. The van der Waals surface area contributed by atoms with E-state index in [1.54, 1.807) is 24.8 Å². The van der Waals surface area contributed by atoms with Crippen LogP contribution in [0.25, 0.3) is 0 Å². The number of hydrogen-bond acceptors (Lipinski definition) is 3. The highest BCUT2D eigenvalue weighted by Gasteiger charge is 2.23. The number of amides is 1. The molecule has 1 aliphatic rings. The van der Waals surface area contributed by atoms with Crippen LogP contribution in [0, 0.1) is 0 Å². The molecule has 1 amide bonds. The second-order valence-corrected chi connectivity index (χ2v) is 6.68. The van der Waals surface area contributed by atoms with E-state index in [9.17, 15) is 9.90 Å². The summed E-state index contributed by atoms with van der Waals surface area (Å²) in [5.41, 5.74) is -0.287. The van der Waals surface area contributed by atoms with Gasteiger partial charge in [0.05, 0.1) is 11.7 Å². The molecule has 0 spiro atoms. The van der Waals surface area contributed by atoms with E-state index in [1.807, 2.05) is 25.1 Å². The highest BCUT2D eigenvalue weighted by molar-refractivity contribution is 5.94. The van der Waals surface area contributed by atoms with Crippen molar-refractivity contribution in [2.45, 2.75) is 58.2 Å². The standard InChI is InChI=1S/C18H27NO3/c1-4-19(13-18(2,3)21)17(20)14-8-7-11-16(12-14)22-15-9-5-6-10-15/h7-8,11-12,15,21H,4-6,9-10,13H2,1-3H3. The fourth-order valence-corrected chi connectivity index (χ4v) is 2.88. The van der Waals surface area contributed by atoms with Crippen LogP contribution >= 0.6 is 0 Å². The number of likely N-dealkylation sites (N-methyl/N-ethyl adjacent to an activating group) is 1. The lowest BCUT2D eigenvalue weighted by Gasteiger charge is -2.28. The first kappa shape index (κ1) is 16.8. The molecular weight excluding hydrogens is 278 g/mol. The summed E-state index contributed by atoms with van der Waals surface area (Å²) in [5, 5.41) is 9.94. The SMILES string of the molecule is CCN(CC(C)(C)O)C(=O)c1cccc(OC2CCCC2)c1. The maximum atomic E-state index is 12.6. The molecule has 122 valence electrons. The van der Waals surface area contributed by atoms with Crippen LogP contribution in [0.15, 0.2) is 24.3 Å². The van der Waals surface area contributed by atoms with Gasteiger partial charge in [0.15, 0.2) is 0 Å². The molecule has 0 unspecified atom stereocenters. The Bertz CT molecular complexity index is 501. The van der Waals surface area contributed by atoms with Crippen molar-refractivity contribution in [3.8, 4) is 5.75 Å². The molecule has 0 atom stereocenters. The molecule has 0 heterocycles. The second-order valence-electron chi connectivity index (χ2n) is 6.68. The second kappa shape index (κ2) is 7.14. The Labute approximate surface area is 133 Å². The molecule has 1 fully saturated rings. The highest BCUT2D eigenvalue weighted by atomic mass is 16.5. The Hall–Kier alpha value is -1.55. The molecule has 22 heavy (non-hydrogen) atoms. The minimum Gasteiger partial charge on any atom is -0.490 e. The normalized spacial score (nSPS) is 15.8. The predicted octanol–water partition coefficient (Wildman–Crippen LogP) is 3.24. The number of rotatable bonds is 6. The van der Waals surface area contributed by atoms with Gasteiger partial charge in [-0.3, -0.25) is 4.79 Å². The minimum atomic E-state index is -0.899. The number of aliphatic hydroxyl groups is 1. The molecule has 4 nitrogen and oxygen atoms in total. The molecule has 0 saturated heterocycles. The van der Waals surface area contributed by atoms with E-state index in [0.717, 1.165) is 18.6 Å². The predicted molar refractivity (Wildman–Crippen MR) is 87.2 cm³/mol. The summed E-state index contributed by atoms with van der Waals surface area (Å²) in [4.78, 5) is 14.3. The third kappa shape index (κ3) is 4.73. The molecule has 1 aromatic carbocycles. The van der Waals surface area contributed by atoms with Crippen LogP contribution < -0.4 is 4.74 Å². The maximum absolute atomic E-state index is 12.6. The molecule has 1 aliphatic carbocycles. The van der Waals surface area contributed by atoms with Crippen LogP contribution in [0.1, 0.15) is 56.8 Å². The summed E-state index contributed by atoms with van der Waals surface area (Å²) in [5.74, 6) is 0.693. The lowest BCUT2D eigenvalue weighted by molar-refractivity contribution is 0.0314. The van der Waals surface area contributed by atoms with Crippen molar-refractivity contribution in [3.63, 3.8) is 0 Å². The summed E-state index contributed by atoms with van der Waals surface area (Å²) in [7, 11) is 0. The lowest BCUT2D eigenvalue weighted by atomic mass is 10.1. The topological polar surface area (TPSA) is 49.8 Å². The maximum Gasteiger partial charge on any atom is 0.254 e. The first-order chi connectivity index (χ1) is 10.4. The van der Waals surface area contributed by atoms with Crippen LogP contribution in [0.2, 0.25) is 0 Å². The van der Waals surface area contributed by atoms with Gasteiger partial charge in [-0.25, -0.2) is 0 Å². The molecule has 0 aromatic heterocycles. The van der Waals surface area contributed by atoms with Crippen LogP contribution in [-0.4, -0.2) is 40.7 Å². The van der Waals surface area contributed by atoms with E-state index >= 15 is 0 Å². The largest absolute Gasteiger partial charge is 0.490 e. The quantitative estimate of drug-likeness (QED) is 0.878. The summed E-state index contributed by atoms with van der Waals surface area (Å²) in [6.07, 6.45) is 4.91. The first-order valence-corrected chi connectivity index (χ1v) is 8.17. The van der Waals surface area contributed by atoms with Crippen LogP contribution in [0.3, 0.4) is 0 Å². The van der Waals surface area contributed by atoms with Crippen LogP contribution in [-0.2, 0) is 0 Å². The summed E-state index contributed by atoms with van der Waals surface area (Å²) >= 11 is 0. The van der Waals surface area contributed by atoms with Gasteiger partial charge < -0.3 is 14.7 Å². The van der Waals surface area contributed by atoms with Gasteiger partial charge in [0, 0.05) is 18.7 Å². The molecule has 1 saturated carbocycles. The van der Waals surface area contributed by atoms with Gasteiger partial charge in [0.2, 0.25) is 0 Å². The molecule has 0 radical (unpaired) electrons. The third-order valence-corrected chi connectivity index (χ3v) is 3.93. The van der Waals surface area contributed by atoms with Crippen LogP contribution in [0.5, 0.6) is 5.75 Å². The zero-order valence-electron chi connectivity index (χ0n) is 13.8. The van der Waals surface area contributed by atoms with E-state index < -0.39 is 5.60 Å². The number of ether oxygens (including phenoxy) is 1. The van der Waals surface area contributed by atoms with E-state index in [0.29, 0.717) is 18.7 Å². The van der Waals surface area contributed by atoms with Crippen molar-refractivity contribution in [2.75, 3.05) is 13.1 Å². The highest BCUT2D eigenvalue weighted by Crippen LogP contribution is 2.25. The molecule has 0 bridgehead atoms. The van der Waals surface area contributed by atoms with Crippen molar-refractivity contribution in [1.82, 2.24) is 4.90 Å². The molecule has 4 heteroatoms. The van der Waals surface area contributed by atoms with Crippen LogP contribution in [0.4, 0.5) is 0 Å². The van der Waals surface area contributed by atoms with Crippen molar-refractivity contribution >= 4 is 5.91 Å². The molecule has 1 N–H and O–H groups in total. The Morgan fingerprint density at radius 3 is 2.64 bits per heavy atom. The Balaban J connectivity index is 2.08. The molecule has 0 aliphatic heterocycles. The van der Waals surface area contributed by atoms with Gasteiger partial charge in [-0.1, -0.05) is 6.07 Å². The molecule has 1 aromatic rings. The number of nitrogens with zero attached hydrogens (tertiary/aromatic N) is 1. The monoisotopic (exact) mass is 305 g/mol. The van der Waals surface area contributed by atoms with Crippen molar-refractivity contribution in [1.29, 1.82) is 0 Å². The Morgan fingerprint density at radius 2 is 2.05 bits per heavy atom. The van der Waals surface area contributed by atoms with E-state index in [-0.39, 0.29) is 12.0 Å². The zero-order chi connectivity index (χ0) is 16.2. The Morgan fingerprint density at radius 1 is 1.36 bits per heavy atom. The van der Waals surface area contributed by atoms with E-state index in [1.165, 1.54) is 12.8 Å². The summed E-state index contributed by atoms with van der Waals surface area (Å²) < 4.78 is 5.96. The zero-order valence-corrected chi connectivity index (χ0v) is 13.8. The van der Waals surface area contributed by atoms with Crippen molar-refractivity contribution in [2.24, 2.45) is 0 Å². The van der Waals surface area contributed by atoms with Gasteiger partial charge in [0.25, 0.3) is 5.91 Å². The van der Waals surface area contributed by atoms with E-state index in [4.69, 9.17) is 4.74 Å². The van der Waals surface area contributed by atoms with Gasteiger partial charge in [0.1, 0.15) is 5.75 Å². The smallest absolute Gasteiger partial charge is 0.254 e. The molecule has 2 rings (SSSR count). The van der Waals surface area contributed by atoms with Gasteiger partial charge >= 0.3 is 0 Å². The van der Waals surface area contributed by atoms with E-state index in [2.05, 4.69) is 0 Å². The lowest BCUT2D eigenvalue weighted by Crippen LogP contribution is -2.42. The first-order valence-electron chi connectivity index (χ1n) is 8.17. The average Bonchev–Trinajstić information content (AvgIpc) is 2.96. The van der Waals surface area contributed by atoms with Gasteiger partial charge in [-0.05, 0) is 64.7 Å². The number of carbonyl (C=O) groups is 1. The molecular formula is C18H27NO3. The van der Waals surface area contributed by atoms with Crippen molar-refractivity contribution in [3.05, 3.63) is 29.8 Å². The minimum absolute atomic E-state index is 0.0681. The summed E-state index contributed by atoms with van der Waals surface area (Å²) in [6, 6.07) is 7.38. The summed E-state index contributed by atoms with van der Waals surface area (Å²) in [6.45, 7) is 6.22. The fraction of sp³-hybridized carbons (Fsp3) is 0.611. The van der Waals surface area contributed by atoms with Gasteiger partial charge in [-0.2, -0.15) is 0 Å².